The molecule has 0 atom stereocenters. The molecule has 2 rings (SSSR count). The van der Waals surface area contributed by atoms with E-state index in [0.29, 0.717) is 0 Å². The van der Waals surface area contributed by atoms with Crippen molar-refractivity contribution < 1.29 is 9.63 Å². The number of aromatic nitrogens is 1. The molecule has 0 radical (unpaired) electrons. The van der Waals surface area contributed by atoms with Crippen LogP contribution in [0.5, 0.6) is 0 Å². The maximum absolute atomic E-state index is 11.5. The van der Waals surface area contributed by atoms with Crippen LogP contribution in [0.2, 0.25) is 0 Å². The minimum absolute atomic E-state index is 0.314. The predicted molar refractivity (Wildman–Crippen MR) is 60.6 cm³/mol. The molecular weight excluding hydrogens is 260 g/mol. The Kier molecular flexibility index (Phi) is 2.75. The summed E-state index contributed by atoms with van der Waals surface area (Å²) in [6.45, 7) is 0. The number of rotatable bonds is 1. The zero-order valence-electron chi connectivity index (χ0n) is 8.03. The van der Waals surface area contributed by atoms with E-state index in [1.54, 1.807) is 6.20 Å². The topological polar surface area (TPSA) is 43.3 Å². The van der Waals surface area contributed by atoms with E-state index in [1.807, 2.05) is 24.3 Å². The van der Waals surface area contributed by atoms with Gasteiger partial charge in [0.05, 0.1) is 12.6 Å². The first-order valence-corrected chi connectivity index (χ1v) is 5.12. The van der Waals surface area contributed by atoms with Crippen molar-refractivity contribution in [3.63, 3.8) is 0 Å². The normalized spacial score (nSPS) is 10.5. The maximum Gasteiger partial charge on any atom is 0.349 e. The fourth-order valence-electron chi connectivity index (χ4n) is 1.44. The highest BCUT2D eigenvalue weighted by molar-refractivity contribution is 9.10. The molecule has 0 saturated heterocycles. The first kappa shape index (κ1) is 10.2. The van der Waals surface area contributed by atoms with Gasteiger partial charge in [-0.3, -0.25) is 9.40 Å². The van der Waals surface area contributed by atoms with Gasteiger partial charge in [-0.25, -0.2) is 10.3 Å². The molecule has 0 aliphatic heterocycles. The Bertz CT molecular complexity index is 507. The summed E-state index contributed by atoms with van der Waals surface area (Å²) in [6, 6.07) is 7.24. The zero-order valence-corrected chi connectivity index (χ0v) is 9.61. The van der Waals surface area contributed by atoms with Gasteiger partial charge in [-0.1, -0.05) is 22.0 Å². The molecule has 2 aromatic rings. The third-order valence-corrected chi connectivity index (χ3v) is 2.78. The number of nitrogens with one attached hydrogen (secondary N) is 1. The lowest BCUT2D eigenvalue weighted by molar-refractivity contribution is 0.109. The fourth-order valence-corrected chi connectivity index (χ4v) is 1.93. The number of hydrogen-bond donors (Lipinski definition) is 1. The van der Waals surface area contributed by atoms with Crippen LogP contribution in [0.15, 0.2) is 34.9 Å². The van der Waals surface area contributed by atoms with Gasteiger partial charge < -0.3 is 0 Å². The Labute approximate surface area is 94.9 Å². The number of nitrogens with zero attached hydrogens (tertiary/aromatic N) is 1. The van der Waals surface area contributed by atoms with Crippen LogP contribution in [0.25, 0.3) is 10.9 Å². The molecule has 15 heavy (non-hydrogen) atoms. The average molecular weight is 269 g/mol. The number of hydroxylamine groups is 1. The van der Waals surface area contributed by atoms with Gasteiger partial charge in [0.2, 0.25) is 0 Å². The first-order chi connectivity index (χ1) is 7.24. The highest BCUT2D eigenvalue weighted by Crippen LogP contribution is 2.24. The molecule has 0 spiro atoms. The number of benzene rings is 1. The van der Waals surface area contributed by atoms with Crippen molar-refractivity contribution in [2.75, 3.05) is 7.11 Å². The molecule has 1 aromatic heterocycles. The van der Waals surface area contributed by atoms with Crippen molar-refractivity contribution in [2.24, 2.45) is 0 Å². The van der Waals surface area contributed by atoms with Crippen LogP contribution in [0, 0.1) is 0 Å². The van der Waals surface area contributed by atoms with Gasteiger partial charge in [0.1, 0.15) is 0 Å². The van der Waals surface area contributed by atoms with E-state index in [2.05, 4.69) is 26.2 Å². The third-order valence-electron chi connectivity index (χ3n) is 2.09. The Morgan fingerprint density at radius 1 is 1.47 bits per heavy atom. The molecule has 78 valence electrons. The summed E-state index contributed by atoms with van der Waals surface area (Å²) in [5.41, 5.74) is 3.10. The Hall–Kier alpha value is -1.33. The molecule has 0 unspecified atom stereocenters. The Balaban J connectivity index is 2.54. The molecule has 0 saturated carbocycles. The maximum atomic E-state index is 11.5. The quantitative estimate of drug-likeness (QED) is 0.808. The summed E-state index contributed by atoms with van der Waals surface area (Å²) < 4.78 is 2.45. The van der Waals surface area contributed by atoms with Crippen molar-refractivity contribution in [2.45, 2.75) is 0 Å². The summed E-state index contributed by atoms with van der Waals surface area (Å²) in [5, 5.41) is 0.990. The fraction of sp³-hybridized carbons (Fsp3) is 0.100. The van der Waals surface area contributed by atoms with Crippen molar-refractivity contribution in [3.05, 3.63) is 34.9 Å². The highest BCUT2D eigenvalue weighted by atomic mass is 79.9. The van der Waals surface area contributed by atoms with Gasteiger partial charge in [0.25, 0.3) is 0 Å². The van der Waals surface area contributed by atoms with E-state index in [4.69, 9.17) is 0 Å². The van der Waals surface area contributed by atoms with Crippen molar-refractivity contribution >= 4 is 32.9 Å². The second-order valence-electron chi connectivity index (χ2n) is 2.97. The van der Waals surface area contributed by atoms with Crippen LogP contribution >= 0.6 is 15.9 Å². The van der Waals surface area contributed by atoms with Crippen molar-refractivity contribution in [1.29, 1.82) is 0 Å². The smallest absolute Gasteiger partial charge is 0.275 e. The van der Waals surface area contributed by atoms with Crippen molar-refractivity contribution in [3.8, 4) is 0 Å². The number of hydrogen-bond acceptors (Lipinski definition) is 2. The summed E-state index contributed by atoms with van der Waals surface area (Å²) in [6.07, 6.45) is 1.70. The molecule has 1 heterocycles. The molecule has 4 nitrogen and oxygen atoms in total. The molecule has 0 aliphatic rings. The van der Waals surface area contributed by atoms with E-state index in [1.165, 1.54) is 11.7 Å². The molecule has 5 heteroatoms. The summed E-state index contributed by atoms with van der Waals surface area (Å²) in [7, 11) is 1.40. The number of carbonyl (C=O) groups excluding carboxylic acids is 1. The Morgan fingerprint density at radius 2 is 2.27 bits per heavy atom. The molecule has 0 aliphatic carbocycles. The van der Waals surface area contributed by atoms with Crippen LogP contribution < -0.4 is 5.48 Å². The molecule has 1 amide bonds. The monoisotopic (exact) mass is 268 g/mol. The molecule has 0 fully saturated rings. The van der Waals surface area contributed by atoms with Gasteiger partial charge >= 0.3 is 6.03 Å². The molecule has 0 bridgehead atoms. The number of halogens is 1. The largest absolute Gasteiger partial charge is 0.349 e. The van der Waals surface area contributed by atoms with Crippen molar-refractivity contribution in [1.82, 2.24) is 10.0 Å². The van der Waals surface area contributed by atoms with Gasteiger partial charge in [-0.2, -0.15) is 0 Å². The lowest BCUT2D eigenvalue weighted by Crippen LogP contribution is -2.26. The lowest BCUT2D eigenvalue weighted by atomic mass is 10.2. The number of fused-ring (bicyclic) bond motifs is 1. The lowest BCUT2D eigenvalue weighted by Gasteiger charge is -2.04. The van der Waals surface area contributed by atoms with E-state index in [9.17, 15) is 4.79 Å². The van der Waals surface area contributed by atoms with Gasteiger partial charge in [0, 0.05) is 16.1 Å². The van der Waals surface area contributed by atoms with Crippen LogP contribution in [-0.4, -0.2) is 17.7 Å². The van der Waals surface area contributed by atoms with E-state index < -0.39 is 0 Å². The minimum atomic E-state index is -0.314. The van der Waals surface area contributed by atoms with Crippen LogP contribution in [0.1, 0.15) is 0 Å². The third kappa shape index (κ3) is 1.75. The van der Waals surface area contributed by atoms with Crippen LogP contribution in [0.4, 0.5) is 4.79 Å². The highest BCUT2D eigenvalue weighted by Gasteiger charge is 2.09. The average Bonchev–Trinajstić information content (AvgIpc) is 2.63. The standard InChI is InChI=1S/C10H9BrN2O2/c1-15-12-10(14)13-6-5-7-8(11)3-2-4-9(7)13/h2-6H,1H3,(H,12,14). The summed E-state index contributed by atoms with van der Waals surface area (Å²) in [4.78, 5) is 16.1. The number of amides is 1. The summed E-state index contributed by atoms with van der Waals surface area (Å²) in [5.74, 6) is 0. The van der Waals surface area contributed by atoms with E-state index in [0.717, 1.165) is 15.4 Å². The minimum Gasteiger partial charge on any atom is -0.275 e. The van der Waals surface area contributed by atoms with Gasteiger partial charge in [-0.15, -0.1) is 0 Å². The summed E-state index contributed by atoms with van der Waals surface area (Å²) >= 11 is 3.42. The Morgan fingerprint density at radius 3 is 3.00 bits per heavy atom. The van der Waals surface area contributed by atoms with Crippen LogP contribution in [-0.2, 0) is 4.84 Å². The molecule has 1 N–H and O–H groups in total. The second kappa shape index (κ2) is 4.04. The van der Waals surface area contributed by atoms with Crippen LogP contribution in [0.3, 0.4) is 0 Å². The van der Waals surface area contributed by atoms with Gasteiger partial charge in [0.15, 0.2) is 0 Å². The first-order valence-electron chi connectivity index (χ1n) is 4.33. The molecular formula is C10H9BrN2O2. The molecule has 1 aromatic carbocycles. The van der Waals surface area contributed by atoms with Gasteiger partial charge in [-0.05, 0) is 18.2 Å². The predicted octanol–water partition coefficient (Wildman–Crippen LogP) is 2.52. The zero-order chi connectivity index (χ0) is 10.8. The second-order valence-corrected chi connectivity index (χ2v) is 3.82. The van der Waals surface area contributed by atoms with E-state index in [-0.39, 0.29) is 6.03 Å². The SMILES string of the molecule is CONC(=O)n1ccc2c(Br)cccc21. The number of carbonyl (C=O) groups is 1. The van der Waals surface area contributed by atoms with E-state index >= 15 is 0 Å².